The van der Waals surface area contributed by atoms with Gasteiger partial charge >= 0.3 is 0 Å². The van der Waals surface area contributed by atoms with Crippen LogP contribution in [0.2, 0.25) is 0 Å². The van der Waals surface area contributed by atoms with Crippen LogP contribution in [0.3, 0.4) is 0 Å². The van der Waals surface area contributed by atoms with Crippen LogP contribution in [0.4, 0.5) is 11.4 Å². The van der Waals surface area contributed by atoms with Crippen LogP contribution in [-0.4, -0.2) is 33.7 Å². The van der Waals surface area contributed by atoms with Crippen molar-refractivity contribution in [2.75, 3.05) is 38.0 Å². The lowest BCUT2D eigenvalue weighted by molar-refractivity contribution is -0.118. The van der Waals surface area contributed by atoms with Gasteiger partial charge in [-0.2, -0.15) is 0 Å². The average molecular weight is 459 g/mol. The topological polar surface area (TPSA) is 81.0 Å². The summed E-state index contributed by atoms with van der Waals surface area (Å²) in [4.78, 5) is 27.4. The highest BCUT2D eigenvalue weighted by Gasteiger charge is 2.15. The fourth-order valence-corrected chi connectivity index (χ4v) is 3.66. The second kappa shape index (κ2) is 9.70. The number of amides is 1. The molecule has 4 rings (SSSR count). The zero-order valence-electron chi connectivity index (χ0n) is 19.5. The predicted octanol–water partition coefficient (Wildman–Crippen LogP) is 4.86. The molecule has 0 aliphatic heterocycles. The van der Waals surface area contributed by atoms with Gasteiger partial charge in [0.05, 0.1) is 18.1 Å². The number of carbonyl (C=O) groups is 1. The number of carbonyl (C=O) groups excluding carboxylic acids is 1. The second-order valence-corrected chi connectivity index (χ2v) is 8.03. The van der Waals surface area contributed by atoms with Gasteiger partial charge in [-0.25, -0.2) is 0 Å². The highest BCUT2D eigenvalue weighted by atomic mass is 16.5. The lowest BCUT2D eigenvalue weighted by Gasteiger charge is -2.13. The highest BCUT2D eigenvalue weighted by molar-refractivity contribution is 5.92. The molecule has 0 aliphatic carbocycles. The fraction of sp³-hybridized carbons (Fsp3) is 0.185. The van der Waals surface area contributed by atoms with Crippen LogP contribution in [0.15, 0.2) is 75.9 Å². The quantitative estimate of drug-likeness (QED) is 0.426. The molecular weight excluding hydrogens is 432 g/mol. The summed E-state index contributed by atoms with van der Waals surface area (Å²) < 4.78 is 16.8. The van der Waals surface area contributed by atoms with Gasteiger partial charge in [0.15, 0.2) is 6.61 Å². The van der Waals surface area contributed by atoms with Crippen molar-refractivity contribution in [2.45, 2.75) is 6.92 Å². The Hall–Kier alpha value is -4.26. The number of fused-ring (bicyclic) bond motifs is 1. The smallest absolute Gasteiger partial charge is 0.262 e. The largest absolute Gasteiger partial charge is 0.497 e. The summed E-state index contributed by atoms with van der Waals surface area (Å²) in [7, 11) is 5.50. The minimum Gasteiger partial charge on any atom is -0.497 e. The third-order valence-electron chi connectivity index (χ3n) is 5.46. The molecule has 174 valence electrons. The van der Waals surface area contributed by atoms with Crippen molar-refractivity contribution in [1.82, 2.24) is 0 Å². The number of hydrogen-bond donors (Lipinski definition) is 1. The molecule has 0 spiro atoms. The van der Waals surface area contributed by atoms with E-state index in [0.29, 0.717) is 39.5 Å². The molecule has 1 heterocycles. The van der Waals surface area contributed by atoms with Gasteiger partial charge in [-0.15, -0.1) is 0 Å². The molecule has 0 unspecified atom stereocenters. The lowest BCUT2D eigenvalue weighted by atomic mass is 10.0. The van der Waals surface area contributed by atoms with Crippen LogP contribution in [0.1, 0.15) is 5.76 Å². The molecule has 4 aromatic rings. The number of rotatable bonds is 7. The maximum Gasteiger partial charge on any atom is 0.262 e. The number of nitrogens with zero attached hydrogens (tertiary/aromatic N) is 1. The van der Waals surface area contributed by atoms with E-state index < -0.39 is 0 Å². The predicted molar refractivity (Wildman–Crippen MR) is 134 cm³/mol. The Bertz CT molecular complexity index is 1370. The molecule has 0 radical (unpaired) electrons. The van der Waals surface area contributed by atoms with Crippen LogP contribution < -0.4 is 25.1 Å². The van der Waals surface area contributed by atoms with Crippen molar-refractivity contribution in [1.29, 1.82) is 0 Å². The summed E-state index contributed by atoms with van der Waals surface area (Å²) in [6, 6.07) is 19.7. The van der Waals surface area contributed by atoms with Gasteiger partial charge in [0.25, 0.3) is 5.91 Å². The normalized spacial score (nSPS) is 10.7. The summed E-state index contributed by atoms with van der Waals surface area (Å²) in [6.07, 6.45) is 0. The average Bonchev–Trinajstić information content (AvgIpc) is 2.83. The molecule has 0 bridgehead atoms. The Labute approximate surface area is 197 Å². The number of nitrogens with one attached hydrogen (secondary N) is 1. The lowest BCUT2D eigenvalue weighted by Crippen LogP contribution is -2.20. The van der Waals surface area contributed by atoms with Crippen LogP contribution >= 0.6 is 0 Å². The Balaban J connectivity index is 1.49. The van der Waals surface area contributed by atoms with Gasteiger partial charge in [0, 0.05) is 31.5 Å². The Morgan fingerprint density at radius 2 is 1.65 bits per heavy atom. The minimum absolute atomic E-state index is 0.130. The SMILES string of the molecule is COc1ccc(-c2c(C)oc3cc(OCC(=O)Nc4ccc(N(C)C)cc4)ccc3c2=O)cc1. The molecule has 0 saturated carbocycles. The third-order valence-corrected chi connectivity index (χ3v) is 5.46. The first kappa shape index (κ1) is 22.9. The molecular formula is C27H26N2O5. The van der Waals surface area contributed by atoms with Gasteiger partial charge < -0.3 is 24.1 Å². The Kier molecular flexibility index (Phi) is 6.54. The van der Waals surface area contributed by atoms with Crippen molar-refractivity contribution < 1.29 is 18.7 Å². The van der Waals surface area contributed by atoms with E-state index in [1.54, 1.807) is 44.4 Å². The third kappa shape index (κ3) is 4.88. The molecule has 1 amide bonds. The van der Waals surface area contributed by atoms with E-state index in [4.69, 9.17) is 13.9 Å². The summed E-state index contributed by atoms with van der Waals surface area (Å²) in [5.41, 5.74) is 3.25. The Morgan fingerprint density at radius 1 is 0.971 bits per heavy atom. The zero-order valence-corrected chi connectivity index (χ0v) is 19.5. The number of aryl methyl sites for hydroxylation is 1. The van der Waals surface area contributed by atoms with E-state index in [9.17, 15) is 9.59 Å². The number of ether oxygens (including phenoxy) is 2. The van der Waals surface area contributed by atoms with E-state index >= 15 is 0 Å². The van der Waals surface area contributed by atoms with Gasteiger partial charge in [-0.3, -0.25) is 9.59 Å². The van der Waals surface area contributed by atoms with Gasteiger partial charge in [-0.1, -0.05) is 12.1 Å². The first-order valence-corrected chi connectivity index (χ1v) is 10.8. The number of methoxy groups -OCH3 is 1. The molecule has 0 fully saturated rings. The molecule has 7 heteroatoms. The highest BCUT2D eigenvalue weighted by Crippen LogP contribution is 2.27. The van der Waals surface area contributed by atoms with Gasteiger partial charge in [0.2, 0.25) is 5.43 Å². The molecule has 0 aliphatic rings. The van der Waals surface area contributed by atoms with E-state index in [1.807, 2.05) is 55.4 Å². The van der Waals surface area contributed by atoms with E-state index in [1.165, 1.54) is 0 Å². The van der Waals surface area contributed by atoms with Crippen molar-refractivity contribution in [3.05, 3.63) is 82.7 Å². The second-order valence-electron chi connectivity index (χ2n) is 8.03. The molecule has 1 aromatic heterocycles. The van der Waals surface area contributed by atoms with Crippen LogP contribution in [0.5, 0.6) is 11.5 Å². The van der Waals surface area contributed by atoms with E-state index in [-0.39, 0.29) is 17.9 Å². The van der Waals surface area contributed by atoms with Gasteiger partial charge in [0.1, 0.15) is 22.8 Å². The molecule has 7 nitrogen and oxygen atoms in total. The molecule has 0 saturated heterocycles. The van der Waals surface area contributed by atoms with E-state index in [2.05, 4.69) is 5.32 Å². The molecule has 34 heavy (non-hydrogen) atoms. The number of hydrogen-bond acceptors (Lipinski definition) is 6. The first-order chi connectivity index (χ1) is 16.4. The van der Waals surface area contributed by atoms with Crippen molar-refractivity contribution in [3.63, 3.8) is 0 Å². The molecule has 0 atom stereocenters. The number of benzene rings is 3. The maximum absolute atomic E-state index is 13.2. The number of anilines is 2. The summed E-state index contributed by atoms with van der Waals surface area (Å²) in [5.74, 6) is 1.36. The van der Waals surface area contributed by atoms with Crippen molar-refractivity contribution in [3.8, 4) is 22.6 Å². The minimum atomic E-state index is -0.287. The van der Waals surface area contributed by atoms with Crippen LogP contribution in [-0.2, 0) is 4.79 Å². The van der Waals surface area contributed by atoms with Crippen molar-refractivity contribution >= 4 is 28.3 Å². The summed E-state index contributed by atoms with van der Waals surface area (Å²) >= 11 is 0. The zero-order chi connectivity index (χ0) is 24.2. The summed E-state index contributed by atoms with van der Waals surface area (Å²) in [6.45, 7) is 1.58. The van der Waals surface area contributed by atoms with Crippen LogP contribution in [0, 0.1) is 6.92 Å². The summed E-state index contributed by atoms with van der Waals surface area (Å²) in [5, 5.41) is 3.24. The van der Waals surface area contributed by atoms with Crippen LogP contribution in [0.25, 0.3) is 22.1 Å². The first-order valence-electron chi connectivity index (χ1n) is 10.8. The monoisotopic (exact) mass is 458 g/mol. The maximum atomic E-state index is 13.2. The molecule has 3 aromatic carbocycles. The molecule has 1 N–H and O–H groups in total. The Morgan fingerprint density at radius 3 is 2.29 bits per heavy atom. The standard InChI is InChI=1S/C27H26N2O5/c1-17-26(18-5-11-21(32-4)12-6-18)27(31)23-14-13-22(15-24(23)34-17)33-16-25(30)28-19-7-9-20(10-8-19)29(2)3/h5-15H,16H2,1-4H3,(H,28,30). The van der Waals surface area contributed by atoms with E-state index in [0.717, 1.165) is 11.3 Å². The van der Waals surface area contributed by atoms with Crippen molar-refractivity contribution in [2.24, 2.45) is 0 Å². The van der Waals surface area contributed by atoms with Gasteiger partial charge in [-0.05, 0) is 61.0 Å². The fourth-order valence-electron chi connectivity index (χ4n) is 3.66.